The molecule has 0 aromatic carbocycles. The third kappa shape index (κ3) is 2.14. The highest BCUT2D eigenvalue weighted by atomic mass is 127. The fourth-order valence-corrected chi connectivity index (χ4v) is 1.38. The average Bonchev–Trinajstić information content (AvgIpc) is 2.08. The lowest BCUT2D eigenvalue weighted by atomic mass is 10.3. The topological polar surface area (TPSA) is 56.0 Å². The molecule has 14 heavy (non-hydrogen) atoms. The van der Waals surface area contributed by atoms with Gasteiger partial charge in [0.15, 0.2) is 0 Å². The molecule has 76 valence electrons. The fourth-order valence-electron chi connectivity index (χ4n) is 0.908. The number of alkyl halides is 2. The number of rotatable bonds is 2. The predicted molar refractivity (Wildman–Crippen MR) is 53.3 cm³/mol. The summed E-state index contributed by atoms with van der Waals surface area (Å²) in [6.45, 7) is 1.46. The summed E-state index contributed by atoms with van der Waals surface area (Å²) in [5.74, 6) is 0. The molecule has 0 amide bonds. The molecule has 4 nitrogen and oxygen atoms in total. The smallest absolute Gasteiger partial charge is 0.258 e. The van der Waals surface area contributed by atoms with E-state index in [1.54, 1.807) is 22.6 Å². The second kappa shape index (κ2) is 4.11. The first-order valence-corrected chi connectivity index (χ1v) is 4.61. The first kappa shape index (κ1) is 11.2. The summed E-state index contributed by atoms with van der Waals surface area (Å²) in [7, 11) is 0. The minimum absolute atomic E-state index is 0.245. The van der Waals surface area contributed by atoms with Gasteiger partial charge < -0.3 is 0 Å². The van der Waals surface area contributed by atoms with E-state index in [9.17, 15) is 18.9 Å². The largest absolute Gasteiger partial charge is 0.286 e. The third-order valence-electron chi connectivity index (χ3n) is 1.54. The highest BCUT2D eigenvalue weighted by molar-refractivity contribution is 14.1. The first-order chi connectivity index (χ1) is 6.43. The van der Waals surface area contributed by atoms with Crippen LogP contribution in [0.4, 0.5) is 14.5 Å². The van der Waals surface area contributed by atoms with Gasteiger partial charge in [0, 0.05) is 6.07 Å². The molecule has 0 bridgehead atoms. The van der Waals surface area contributed by atoms with Crippen LogP contribution in [0.25, 0.3) is 0 Å². The predicted octanol–water partition coefficient (Wildman–Crippen LogP) is 2.84. The lowest BCUT2D eigenvalue weighted by Crippen LogP contribution is -2.00. The molecule has 0 saturated heterocycles. The molecule has 0 atom stereocenters. The second-order valence-corrected chi connectivity index (χ2v) is 3.60. The van der Waals surface area contributed by atoms with E-state index in [1.807, 2.05) is 0 Å². The molecule has 0 aliphatic heterocycles. The number of hydrogen-bond acceptors (Lipinski definition) is 3. The molecule has 0 fully saturated rings. The van der Waals surface area contributed by atoms with Gasteiger partial charge in [-0.25, -0.2) is 8.78 Å². The normalized spacial score (nSPS) is 10.6. The van der Waals surface area contributed by atoms with Crippen molar-refractivity contribution in [2.24, 2.45) is 0 Å². The summed E-state index contributed by atoms with van der Waals surface area (Å²) >= 11 is 1.71. The van der Waals surface area contributed by atoms with Crippen molar-refractivity contribution in [3.05, 3.63) is 31.1 Å². The van der Waals surface area contributed by atoms with Crippen LogP contribution in [0.15, 0.2) is 6.07 Å². The van der Waals surface area contributed by atoms with Crippen molar-refractivity contribution >= 4 is 28.3 Å². The van der Waals surface area contributed by atoms with Crippen molar-refractivity contribution in [2.45, 2.75) is 13.3 Å². The van der Waals surface area contributed by atoms with E-state index < -0.39 is 17.0 Å². The van der Waals surface area contributed by atoms with Crippen LogP contribution in [0.3, 0.4) is 0 Å². The van der Waals surface area contributed by atoms with E-state index >= 15 is 0 Å². The van der Waals surface area contributed by atoms with Crippen LogP contribution in [0, 0.1) is 20.6 Å². The van der Waals surface area contributed by atoms with Gasteiger partial charge in [0.05, 0.1) is 10.6 Å². The zero-order chi connectivity index (χ0) is 10.9. The number of aromatic nitrogens is 1. The minimum Gasteiger partial charge on any atom is -0.258 e. The standard InChI is InChI=1S/C7H5F2IN2O2/c1-3-6(10)5(12(13)14)2-4(11-3)7(8)9/h2,7H,1H3. The summed E-state index contributed by atoms with van der Waals surface area (Å²) in [4.78, 5) is 13.3. The molecule has 0 radical (unpaired) electrons. The van der Waals surface area contributed by atoms with Gasteiger partial charge in [-0.2, -0.15) is 0 Å². The van der Waals surface area contributed by atoms with Gasteiger partial charge in [-0.3, -0.25) is 15.1 Å². The molecule has 1 aromatic heterocycles. The molecule has 0 unspecified atom stereocenters. The zero-order valence-electron chi connectivity index (χ0n) is 7.00. The van der Waals surface area contributed by atoms with Gasteiger partial charge in [0.25, 0.3) is 12.1 Å². The second-order valence-electron chi connectivity index (χ2n) is 2.52. The van der Waals surface area contributed by atoms with Crippen LogP contribution in [-0.2, 0) is 0 Å². The maximum Gasteiger partial charge on any atom is 0.286 e. The lowest BCUT2D eigenvalue weighted by Gasteiger charge is -2.03. The lowest BCUT2D eigenvalue weighted by molar-refractivity contribution is -0.386. The Hall–Kier alpha value is -0.860. The van der Waals surface area contributed by atoms with Crippen LogP contribution in [0.2, 0.25) is 0 Å². The van der Waals surface area contributed by atoms with Crippen LogP contribution in [-0.4, -0.2) is 9.91 Å². The highest BCUT2D eigenvalue weighted by Crippen LogP contribution is 2.27. The van der Waals surface area contributed by atoms with Crippen LogP contribution < -0.4 is 0 Å². The first-order valence-electron chi connectivity index (χ1n) is 3.53. The summed E-state index contributed by atoms with van der Waals surface area (Å²) < 4.78 is 24.8. The van der Waals surface area contributed by atoms with E-state index in [1.165, 1.54) is 6.92 Å². The third-order valence-corrected chi connectivity index (χ3v) is 2.88. The Labute approximate surface area is 91.6 Å². The number of aryl methyl sites for hydroxylation is 1. The van der Waals surface area contributed by atoms with Gasteiger partial charge in [0.1, 0.15) is 9.26 Å². The molecule has 0 N–H and O–H groups in total. The van der Waals surface area contributed by atoms with E-state index in [4.69, 9.17) is 0 Å². The summed E-state index contributed by atoms with van der Waals surface area (Å²) in [6, 6.07) is 0.805. The van der Waals surface area contributed by atoms with Gasteiger partial charge in [0.2, 0.25) is 0 Å². The van der Waals surface area contributed by atoms with Gasteiger partial charge >= 0.3 is 0 Å². The Balaban J connectivity index is 3.35. The van der Waals surface area contributed by atoms with E-state index in [0.29, 0.717) is 0 Å². The minimum atomic E-state index is -2.79. The number of hydrogen-bond donors (Lipinski definition) is 0. The molecular formula is C7H5F2IN2O2. The van der Waals surface area contributed by atoms with E-state index in [2.05, 4.69) is 4.98 Å². The van der Waals surface area contributed by atoms with Gasteiger partial charge in [-0.05, 0) is 29.5 Å². The van der Waals surface area contributed by atoms with Crippen LogP contribution in [0.5, 0.6) is 0 Å². The fraction of sp³-hybridized carbons (Fsp3) is 0.286. The number of nitrogens with zero attached hydrogens (tertiary/aromatic N) is 2. The molecule has 0 spiro atoms. The molecule has 0 saturated carbocycles. The molecule has 0 aliphatic carbocycles. The number of pyridine rings is 1. The summed E-state index contributed by atoms with van der Waals surface area (Å²) in [5.41, 5.74) is -0.641. The Morgan fingerprint density at radius 3 is 2.64 bits per heavy atom. The Bertz CT molecular complexity index is 384. The Kier molecular flexibility index (Phi) is 3.29. The van der Waals surface area contributed by atoms with Gasteiger partial charge in [-0.1, -0.05) is 0 Å². The van der Waals surface area contributed by atoms with Crippen molar-refractivity contribution in [3.8, 4) is 0 Å². The molecule has 1 rings (SSSR count). The Morgan fingerprint density at radius 2 is 2.21 bits per heavy atom. The van der Waals surface area contributed by atoms with Crippen molar-refractivity contribution in [3.63, 3.8) is 0 Å². The molecule has 7 heteroatoms. The molecular weight excluding hydrogens is 309 g/mol. The van der Waals surface area contributed by atoms with E-state index in [0.717, 1.165) is 6.07 Å². The Morgan fingerprint density at radius 1 is 1.64 bits per heavy atom. The maximum absolute atomic E-state index is 12.2. The van der Waals surface area contributed by atoms with Crippen molar-refractivity contribution in [2.75, 3.05) is 0 Å². The van der Waals surface area contributed by atoms with Crippen LogP contribution >= 0.6 is 22.6 Å². The maximum atomic E-state index is 12.2. The van der Waals surface area contributed by atoms with Crippen molar-refractivity contribution in [1.29, 1.82) is 0 Å². The number of nitro groups is 1. The quantitative estimate of drug-likeness (QED) is 0.479. The van der Waals surface area contributed by atoms with Crippen molar-refractivity contribution < 1.29 is 13.7 Å². The molecule has 1 heterocycles. The highest BCUT2D eigenvalue weighted by Gasteiger charge is 2.20. The summed E-state index contributed by atoms with van der Waals surface area (Å²) in [5, 5.41) is 10.5. The van der Waals surface area contributed by atoms with E-state index in [-0.39, 0.29) is 15.0 Å². The zero-order valence-corrected chi connectivity index (χ0v) is 9.16. The van der Waals surface area contributed by atoms with Crippen molar-refractivity contribution in [1.82, 2.24) is 4.98 Å². The monoisotopic (exact) mass is 314 g/mol. The SMILES string of the molecule is Cc1nc(C(F)F)cc([N+](=O)[O-])c1I. The van der Waals surface area contributed by atoms with Crippen LogP contribution in [0.1, 0.15) is 17.8 Å². The molecule has 0 aliphatic rings. The van der Waals surface area contributed by atoms with Gasteiger partial charge in [-0.15, -0.1) is 0 Å². The molecule has 1 aromatic rings. The number of halogens is 3. The average molecular weight is 314 g/mol. The summed E-state index contributed by atoms with van der Waals surface area (Å²) in [6.07, 6.45) is -2.79.